The average molecular weight is 326 g/mol. The minimum atomic E-state index is -0.307. The number of amides is 1. The molecule has 0 aliphatic rings. The van der Waals surface area contributed by atoms with Crippen LogP contribution in [0.3, 0.4) is 0 Å². The van der Waals surface area contributed by atoms with E-state index in [1.807, 2.05) is 18.2 Å². The molecule has 0 aromatic heterocycles. The van der Waals surface area contributed by atoms with Crippen molar-refractivity contribution >= 4 is 17.7 Å². The van der Waals surface area contributed by atoms with Crippen LogP contribution in [0.25, 0.3) is 6.08 Å². The predicted molar refractivity (Wildman–Crippen MR) is 97.4 cm³/mol. The Hall–Kier alpha value is -2.62. The van der Waals surface area contributed by atoms with E-state index in [2.05, 4.69) is 29.3 Å². The van der Waals surface area contributed by atoms with Crippen molar-refractivity contribution in [2.45, 2.75) is 13.3 Å². The van der Waals surface area contributed by atoms with Gasteiger partial charge in [0.25, 0.3) is 0 Å². The molecule has 1 amide bonds. The van der Waals surface area contributed by atoms with E-state index in [0.717, 1.165) is 19.5 Å². The van der Waals surface area contributed by atoms with E-state index >= 15 is 0 Å². The van der Waals surface area contributed by atoms with Gasteiger partial charge in [-0.2, -0.15) is 0 Å². The molecule has 0 heterocycles. The number of hydrogen-bond donors (Lipinski definition) is 1. The molecule has 0 unspecified atom stereocenters. The SMILES string of the molecule is CCN(CCCNC(=O)/C=C/c1cccc(F)c1)c1ccccc1. The molecule has 0 aliphatic carbocycles. The monoisotopic (exact) mass is 326 g/mol. The van der Waals surface area contributed by atoms with Gasteiger partial charge in [-0.05, 0) is 49.2 Å². The summed E-state index contributed by atoms with van der Waals surface area (Å²) in [7, 11) is 0. The Morgan fingerprint density at radius 1 is 1.17 bits per heavy atom. The molecule has 2 aromatic rings. The maximum atomic E-state index is 13.1. The molecule has 0 saturated carbocycles. The van der Waals surface area contributed by atoms with Crippen LogP contribution in [-0.4, -0.2) is 25.5 Å². The fourth-order valence-electron chi connectivity index (χ4n) is 2.43. The minimum absolute atomic E-state index is 0.165. The summed E-state index contributed by atoms with van der Waals surface area (Å²) in [6.45, 7) is 4.54. The first-order chi connectivity index (χ1) is 11.7. The number of anilines is 1. The molecule has 4 heteroatoms. The van der Waals surface area contributed by atoms with Crippen LogP contribution in [0, 0.1) is 5.82 Å². The summed E-state index contributed by atoms with van der Waals surface area (Å²) in [6.07, 6.45) is 3.91. The molecular weight excluding hydrogens is 303 g/mol. The molecule has 0 fully saturated rings. The van der Waals surface area contributed by atoms with Gasteiger partial charge in [0.2, 0.25) is 5.91 Å². The summed E-state index contributed by atoms with van der Waals surface area (Å²) in [5, 5.41) is 2.85. The van der Waals surface area contributed by atoms with Crippen molar-refractivity contribution in [3.63, 3.8) is 0 Å². The molecule has 0 bridgehead atoms. The van der Waals surface area contributed by atoms with Gasteiger partial charge in [-0.25, -0.2) is 4.39 Å². The summed E-state index contributed by atoms with van der Waals surface area (Å²) < 4.78 is 13.1. The van der Waals surface area contributed by atoms with Crippen molar-refractivity contribution in [2.75, 3.05) is 24.5 Å². The van der Waals surface area contributed by atoms with Crippen LogP contribution in [0.4, 0.5) is 10.1 Å². The maximum Gasteiger partial charge on any atom is 0.244 e. The molecule has 2 rings (SSSR count). The average Bonchev–Trinajstić information content (AvgIpc) is 2.61. The van der Waals surface area contributed by atoms with E-state index < -0.39 is 0 Å². The maximum absolute atomic E-state index is 13.1. The fourth-order valence-corrected chi connectivity index (χ4v) is 2.43. The number of halogens is 1. The summed E-state index contributed by atoms with van der Waals surface area (Å²) in [5.41, 5.74) is 1.86. The number of carbonyl (C=O) groups excluding carboxylic acids is 1. The minimum Gasteiger partial charge on any atom is -0.372 e. The Morgan fingerprint density at radius 2 is 1.96 bits per heavy atom. The zero-order valence-corrected chi connectivity index (χ0v) is 13.9. The van der Waals surface area contributed by atoms with Crippen molar-refractivity contribution < 1.29 is 9.18 Å². The van der Waals surface area contributed by atoms with E-state index in [1.165, 1.54) is 23.9 Å². The molecule has 126 valence electrons. The lowest BCUT2D eigenvalue weighted by molar-refractivity contribution is -0.116. The highest BCUT2D eigenvalue weighted by Gasteiger charge is 2.03. The van der Waals surface area contributed by atoms with Gasteiger partial charge in [0.05, 0.1) is 0 Å². The first kappa shape index (κ1) is 17.7. The van der Waals surface area contributed by atoms with Crippen LogP contribution >= 0.6 is 0 Å². The van der Waals surface area contributed by atoms with Gasteiger partial charge in [0, 0.05) is 31.4 Å². The zero-order valence-electron chi connectivity index (χ0n) is 13.9. The van der Waals surface area contributed by atoms with Gasteiger partial charge < -0.3 is 10.2 Å². The normalized spacial score (nSPS) is 10.8. The number of nitrogens with zero attached hydrogens (tertiary/aromatic N) is 1. The summed E-state index contributed by atoms with van der Waals surface area (Å²) in [6, 6.07) is 16.4. The van der Waals surface area contributed by atoms with Gasteiger partial charge in [-0.3, -0.25) is 4.79 Å². The lowest BCUT2D eigenvalue weighted by atomic mass is 10.2. The summed E-state index contributed by atoms with van der Waals surface area (Å²) in [4.78, 5) is 14.1. The predicted octanol–water partition coefficient (Wildman–Crippen LogP) is 3.87. The van der Waals surface area contributed by atoms with E-state index in [1.54, 1.807) is 18.2 Å². The van der Waals surface area contributed by atoms with Crippen LogP contribution in [0.2, 0.25) is 0 Å². The Kier molecular flexibility index (Phi) is 7.02. The highest BCUT2D eigenvalue weighted by atomic mass is 19.1. The molecule has 2 aromatic carbocycles. The second kappa shape index (κ2) is 9.50. The van der Waals surface area contributed by atoms with Crippen molar-refractivity contribution in [1.29, 1.82) is 0 Å². The quantitative estimate of drug-likeness (QED) is 0.590. The fraction of sp³-hybridized carbons (Fsp3) is 0.250. The van der Waals surface area contributed by atoms with Crippen molar-refractivity contribution in [3.05, 3.63) is 72.1 Å². The van der Waals surface area contributed by atoms with Crippen LogP contribution in [0.15, 0.2) is 60.7 Å². The smallest absolute Gasteiger partial charge is 0.244 e. The van der Waals surface area contributed by atoms with Gasteiger partial charge in [-0.15, -0.1) is 0 Å². The van der Waals surface area contributed by atoms with E-state index in [0.29, 0.717) is 12.1 Å². The van der Waals surface area contributed by atoms with E-state index in [-0.39, 0.29) is 11.7 Å². The Balaban J connectivity index is 1.72. The van der Waals surface area contributed by atoms with Crippen molar-refractivity contribution in [2.24, 2.45) is 0 Å². The van der Waals surface area contributed by atoms with Gasteiger partial charge in [0.15, 0.2) is 0 Å². The van der Waals surface area contributed by atoms with E-state index in [4.69, 9.17) is 0 Å². The zero-order chi connectivity index (χ0) is 17.2. The number of nitrogens with one attached hydrogen (secondary N) is 1. The van der Waals surface area contributed by atoms with Crippen LogP contribution in [0.1, 0.15) is 18.9 Å². The molecule has 0 atom stereocenters. The van der Waals surface area contributed by atoms with E-state index in [9.17, 15) is 9.18 Å². The second-order valence-electron chi connectivity index (χ2n) is 5.45. The Labute approximate surface area is 142 Å². The third kappa shape index (κ3) is 5.88. The van der Waals surface area contributed by atoms with Gasteiger partial charge in [-0.1, -0.05) is 30.3 Å². The molecule has 0 spiro atoms. The number of para-hydroxylation sites is 1. The van der Waals surface area contributed by atoms with Crippen LogP contribution < -0.4 is 10.2 Å². The lowest BCUT2D eigenvalue weighted by Crippen LogP contribution is -2.29. The molecule has 1 N–H and O–H groups in total. The summed E-state index contributed by atoms with van der Waals surface area (Å²) >= 11 is 0. The number of hydrogen-bond acceptors (Lipinski definition) is 2. The molecule has 3 nitrogen and oxygen atoms in total. The molecule has 24 heavy (non-hydrogen) atoms. The first-order valence-electron chi connectivity index (χ1n) is 8.20. The first-order valence-corrected chi connectivity index (χ1v) is 8.20. The molecule has 0 saturated heterocycles. The molecule has 0 aliphatic heterocycles. The summed E-state index contributed by atoms with van der Waals surface area (Å²) in [5.74, 6) is -0.472. The highest BCUT2D eigenvalue weighted by molar-refractivity contribution is 5.91. The standard InChI is InChI=1S/C20H23FN2O/c1-2-23(19-10-4-3-5-11-19)15-7-14-22-20(24)13-12-17-8-6-9-18(21)16-17/h3-6,8-13,16H,2,7,14-15H2,1H3,(H,22,24)/b13-12+. The third-order valence-electron chi connectivity index (χ3n) is 3.68. The number of benzene rings is 2. The Morgan fingerprint density at radius 3 is 2.67 bits per heavy atom. The number of rotatable bonds is 8. The molecular formula is C20H23FN2O. The highest BCUT2D eigenvalue weighted by Crippen LogP contribution is 2.12. The molecule has 0 radical (unpaired) electrons. The van der Waals surface area contributed by atoms with Crippen molar-refractivity contribution in [3.8, 4) is 0 Å². The van der Waals surface area contributed by atoms with Gasteiger partial charge >= 0.3 is 0 Å². The van der Waals surface area contributed by atoms with Crippen molar-refractivity contribution in [1.82, 2.24) is 5.32 Å². The van der Waals surface area contributed by atoms with Crippen LogP contribution in [-0.2, 0) is 4.79 Å². The topological polar surface area (TPSA) is 32.3 Å². The lowest BCUT2D eigenvalue weighted by Gasteiger charge is -2.23. The number of carbonyl (C=O) groups is 1. The Bertz CT molecular complexity index is 670. The van der Waals surface area contributed by atoms with Crippen LogP contribution in [0.5, 0.6) is 0 Å². The third-order valence-corrected chi connectivity index (χ3v) is 3.68. The largest absolute Gasteiger partial charge is 0.372 e. The van der Waals surface area contributed by atoms with Gasteiger partial charge in [0.1, 0.15) is 5.82 Å². The second-order valence-corrected chi connectivity index (χ2v) is 5.45.